The Hall–Kier alpha value is -0.490. The van der Waals surface area contributed by atoms with E-state index in [9.17, 15) is 13.2 Å². The van der Waals surface area contributed by atoms with Crippen LogP contribution in [0.3, 0.4) is 0 Å². The first kappa shape index (κ1) is 18.8. The first-order valence-corrected chi connectivity index (χ1v) is 8.14. The Morgan fingerprint density at radius 1 is 1.17 bits per heavy atom. The minimum absolute atomic E-state index is 0. The zero-order valence-electron chi connectivity index (χ0n) is 12.7. The number of nitrogens with one attached hydrogen (secondary N) is 1. The molecule has 0 amide bonds. The average molecular weight is 369 g/mol. The first-order chi connectivity index (χ1) is 10.4. The van der Waals surface area contributed by atoms with E-state index in [4.69, 9.17) is 11.6 Å². The van der Waals surface area contributed by atoms with Crippen molar-refractivity contribution in [1.82, 2.24) is 10.2 Å². The first-order valence-electron chi connectivity index (χ1n) is 7.76. The van der Waals surface area contributed by atoms with E-state index in [0.29, 0.717) is 11.5 Å². The molecule has 2 nitrogen and oxygen atoms in total. The van der Waals surface area contributed by atoms with Crippen LogP contribution in [0.4, 0.5) is 13.2 Å². The molecule has 1 aliphatic carbocycles. The average Bonchev–Trinajstić information content (AvgIpc) is 3.28. The smallest absolute Gasteiger partial charge is 0.314 e. The van der Waals surface area contributed by atoms with Crippen molar-refractivity contribution in [2.24, 2.45) is 5.92 Å². The quantitative estimate of drug-likeness (QED) is 0.839. The van der Waals surface area contributed by atoms with Crippen molar-refractivity contribution in [2.75, 3.05) is 26.2 Å². The van der Waals surface area contributed by atoms with E-state index in [2.05, 4.69) is 10.2 Å². The molecule has 0 aromatic heterocycles. The minimum Gasteiger partial charge on any atom is -0.314 e. The molecule has 1 atom stereocenters. The lowest BCUT2D eigenvalue weighted by molar-refractivity contribution is -0.137. The van der Waals surface area contributed by atoms with Gasteiger partial charge in [0.05, 0.1) is 5.56 Å². The molecule has 1 aromatic rings. The fourth-order valence-electron chi connectivity index (χ4n) is 3.13. The molecule has 1 saturated carbocycles. The lowest BCUT2D eigenvalue weighted by Crippen LogP contribution is -2.45. The summed E-state index contributed by atoms with van der Waals surface area (Å²) in [7, 11) is 0. The maximum absolute atomic E-state index is 13.0. The number of piperazine rings is 1. The lowest BCUT2D eigenvalue weighted by atomic mass is 9.97. The third kappa shape index (κ3) is 4.99. The molecule has 130 valence electrons. The Kier molecular flexibility index (Phi) is 6.22. The van der Waals surface area contributed by atoms with Crippen LogP contribution < -0.4 is 5.32 Å². The van der Waals surface area contributed by atoms with Crippen molar-refractivity contribution in [3.05, 3.63) is 34.3 Å². The normalized spacial score (nSPS) is 20.9. The summed E-state index contributed by atoms with van der Waals surface area (Å²) in [5.41, 5.74) is 0.0551. The Morgan fingerprint density at radius 3 is 2.39 bits per heavy atom. The van der Waals surface area contributed by atoms with Gasteiger partial charge in [0, 0.05) is 37.2 Å². The zero-order chi connectivity index (χ0) is 15.7. The summed E-state index contributed by atoms with van der Waals surface area (Å²) in [6, 6.07) is 4.03. The Balaban J connectivity index is 0.00000192. The molecule has 1 saturated heterocycles. The highest BCUT2D eigenvalue weighted by Gasteiger charge is 2.34. The van der Waals surface area contributed by atoms with Crippen molar-refractivity contribution in [3.8, 4) is 0 Å². The van der Waals surface area contributed by atoms with Crippen LogP contribution in [-0.2, 0) is 6.18 Å². The van der Waals surface area contributed by atoms with Crippen molar-refractivity contribution in [1.29, 1.82) is 0 Å². The number of nitrogens with zero attached hydrogens (tertiary/aromatic N) is 1. The maximum atomic E-state index is 13.0. The largest absolute Gasteiger partial charge is 0.416 e. The van der Waals surface area contributed by atoms with Gasteiger partial charge in [0.1, 0.15) is 0 Å². The predicted octanol–water partition coefficient (Wildman–Crippen LogP) is 4.53. The van der Waals surface area contributed by atoms with Gasteiger partial charge in [-0.1, -0.05) is 24.4 Å². The molecule has 1 N–H and O–H groups in total. The van der Waals surface area contributed by atoms with Crippen molar-refractivity contribution in [2.45, 2.75) is 31.5 Å². The van der Waals surface area contributed by atoms with Crippen LogP contribution in [0.1, 0.15) is 36.4 Å². The molecule has 2 fully saturated rings. The molecule has 0 radical (unpaired) electrons. The van der Waals surface area contributed by atoms with E-state index >= 15 is 0 Å². The fraction of sp³-hybridized carbons (Fsp3) is 0.625. The van der Waals surface area contributed by atoms with Crippen LogP contribution in [0.2, 0.25) is 5.02 Å². The molecule has 2 aliphatic rings. The van der Waals surface area contributed by atoms with Crippen LogP contribution in [0, 0.1) is 5.92 Å². The summed E-state index contributed by atoms with van der Waals surface area (Å²) in [6.07, 6.45) is -1.05. The predicted molar refractivity (Wildman–Crippen MR) is 88.2 cm³/mol. The van der Waals surface area contributed by atoms with Gasteiger partial charge in [0.2, 0.25) is 0 Å². The molecule has 23 heavy (non-hydrogen) atoms. The second-order valence-corrected chi connectivity index (χ2v) is 6.69. The molecule has 0 spiro atoms. The lowest BCUT2D eigenvalue weighted by Gasteiger charge is -2.35. The van der Waals surface area contributed by atoms with Gasteiger partial charge in [-0.3, -0.25) is 4.90 Å². The van der Waals surface area contributed by atoms with E-state index in [1.165, 1.54) is 18.9 Å². The highest BCUT2D eigenvalue weighted by molar-refractivity contribution is 6.30. The van der Waals surface area contributed by atoms with Crippen LogP contribution in [0.5, 0.6) is 0 Å². The number of hydrogen-bond donors (Lipinski definition) is 1. The fourth-order valence-corrected chi connectivity index (χ4v) is 3.37. The van der Waals surface area contributed by atoms with E-state index in [-0.39, 0.29) is 23.5 Å². The molecule has 0 unspecified atom stereocenters. The molecule has 1 aromatic carbocycles. The second kappa shape index (κ2) is 7.60. The van der Waals surface area contributed by atoms with Gasteiger partial charge < -0.3 is 5.32 Å². The molecule has 1 heterocycles. The summed E-state index contributed by atoms with van der Waals surface area (Å²) in [5.74, 6) is 0.646. The molecule has 3 rings (SSSR count). The van der Waals surface area contributed by atoms with Gasteiger partial charge in [0.25, 0.3) is 0 Å². The molecule has 7 heteroatoms. The SMILES string of the molecule is Cl.FC(F)(F)c1cc(Cl)cc([C@H](CC2CC2)N2CCNCC2)c1. The zero-order valence-corrected chi connectivity index (χ0v) is 14.3. The summed E-state index contributed by atoms with van der Waals surface area (Å²) >= 11 is 5.96. The van der Waals surface area contributed by atoms with Crippen LogP contribution >= 0.6 is 24.0 Å². The summed E-state index contributed by atoms with van der Waals surface area (Å²) in [4.78, 5) is 2.29. The number of hydrogen-bond acceptors (Lipinski definition) is 2. The van der Waals surface area contributed by atoms with Crippen LogP contribution in [0.15, 0.2) is 18.2 Å². The molecular weight excluding hydrogens is 348 g/mol. The summed E-state index contributed by atoms with van der Waals surface area (Å²) in [6.45, 7) is 3.50. The Bertz CT molecular complexity index is 527. The number of benzene rings is 1. The van der Waals surface area contributed by atoms with E-state index < -0.39 is 11.7 Å². The van der Waals surface area contributed by atoms with E-state index in [1.807, 2.05) is 0 Å². The third-order valence-electron chi connectivity index (χ3n) is 4.48. The molecule has 1 aliphatic heterocycles. The monoisotopic (exact) mass is 368 g/mol. The molecule has 0 bridgehead atoms. The van der Waals surface area contributed by atoms with Crippen molar-refractivity contribution in [3.63, 3.8) is 0 Å². The van der Waals surface area contributed by atoms with Gasteiger partial charge in [-0.25, -0.2) is 0 Å². The van der Waals surface area contributed by atoms with Gasteiger partial charge in [0.15, 0.2) is 0 Å². The molecular formula is C16H21Cl2F3N2. The van der Waals surface area contributed by atoms with Gasteiger partial charge in [-0.15, -0.1) is 12.4 Å². The van der Waals surface area contributed by atoms with Crippen LogP contribution in [-0.4, -0.2) is 31.1 Å². The third-order valence-corrected chi connectivity index (χ3v) is 4.70. The van der Waals surface area contributed by atoms with E-state index in [1.54, 1.807) is 6.07 Å². The summed E-state index contributed by atoms with van der Waals surface area (Å²) in [5, 5.41) is 3.46. The summed E-state index contributed by atoms with van der Waals surface area (Å²) < 4.78 is 39.1. The maximum Gasteiger partial charge on any atom is 0.416 e. The van der Waals surface area contributed by atoms with Crippen molar-refractivity contribution < 1.29 is 13.2 Å². The Labute approximate surface area is 145 Å². The second-order valence-electron chi connectivity index (χ2n) is 6.25. The number of rotatable bonds is 4. The van der Waals surface area contributed by atoms with E-state index in [0.717, 1.165) is 38.7 Å². The Morgan fingerprint density at radius 2 is 1.83 bits per heavy atom. The standard InChI is InChI=1S/C16H20ClF3N2.ClH/c17-14-9-12(8-13(10-14)16(18,19)20)15(7-11-1-2-11)22-5-3-21-4-6-22;/h8-11,15,21H,1-7H2;1H/t15-;/m0./s1. The van der Waals surface area contributed by atoms with Crippen LogP contribution in [0.25, 0.3) is 0 Å². The van der Waals surface area contributed by atoms with Crippen molar-refractivity contribution >= 4 is 24.0 Å². The van der Waals surface area contributed by atoms with Gasteiger partial charge >= 0.3 is 6.18 Å². The van der Waals surface area contributed by atoms with Gasteiger partial charge in [-0.05, 0) is 36.1 Å². The number of halogens is 5. The number of alkyl halides is 3. The highest BCUT2D eigenvalue weighted by atomic mass is 35.5. The highest BCUT2D eigenvalue weighted by Crippen LogP contribution is 2.42. The van der Waals surface area contributed by atoms with Gasteiger partial charge in [-0.2, -0.15) is 13.2 Å². The topological polar surface area (TPSA) is 15.3 Å². The minimum atomic E-state index is -4.35.